The fraction of sp³-hybridized carbons (Fsp3) is 0.923. The van der Waals surface area contributed by atoms with Crippen LogP contribution in [0.25, 0.3) is 0 Å². The summed E-state index contributed by atoms with van der Waals surface area (Å²) in [5.74, 6) is 0.0573. The third-order valence-electron chi connectivity index (χ3n) is 2.65. The molecule has 0 saturated carbocycles. The Morgan fingerprint density at radius 1 is 1.30 bits per heavy atom. The molecule has 0 aliphatic rings. The van der Waals surface area contributed by atoms with Gasteiger partial charge in [0.15, 0.2) is 0 Å². The summed E-state index contributed by atoms with van der Waals surface area (Å²) >= 11 is 0. The minimum Gasteiger partial charge on any atom is -0.377 e. The predicted octanol–water partition coefficient (Wildman–Crippen LogP) is 1.43. The average Bonchev–Trinajstić information content (AvgIpc) is 2.29. The summed E-state index contributed by atoms with van der Waals surface area (Å²) in [6.45, 7) is 6.10. The third kappa shape index (κ3) is 16.0. The average molecular weight is 332 g/mol. The van der Waals surface area contributed by atoms with Crippen LogP contribution in [0.3, 0.4) is 0 Å². The molecule has 1 amide bonds. The van der Waals surface area contributed by atoms with Crippen molar-refractivity contribution in [3.63, 3.8) is 0 Å². The number of amides is 1. The topological polar surface area (TPSA) is 67.6 Å². The van der Waals surface area contributed by atoms with E-state index in [4.69, 9.17) is 10.5 Å². The van der Waals surface area contributed by atoms with Crippen molar-refractivity contribution in [1.82, 2.24) is 10.2 Å². The second-order valence-electron chi connectivity index (χ2n) is 4.99. The molecule has 0 fully saturated rings. The Balaban J connectivity index is -0.00000144. The van der Waals surface area contributed by atoms with Crippen molar-refractivity contribution in [2.45, 2.75) is 45.3 Å². The van der Waals surface area contributed by atoms with Crippen LogP contribution in [0.15, 0.2) is 0 Å². The Morgan fingerprint density at radius 2 is 1.90 bits per heavy atom. The molecule has 0 heterocycles. The molecule has 0 spiro atoms. The number of ether oxygens (including phenoxy) is 1. The number of hydrogen-bond donors (Lipinski definition) is 2. The van der Waals surface area contributed by atoms with Crippen molar-refractivity contribution < 1.29 is 9.53 Å². The predicted molar refractivity (Wildman–Crippen MR) is 89.0 cm³/mol. The van der Waals surface area contributed by atoms with Crippen molar-refractivity contribution in [3.8, 4) is 0 Å². The minimum absolute atomic E-state index is 0. The number of hydrogen-bond acceptors (Lipinski definition) is 4. The molecule has 0 saturated heterocycles. The summed E-state index contributed by atoms with van der Waals surface area (Å²) in [6, 6.07) is 0.0761. The lowest BCUT2D eigenvalue weighted by Crippen LogP contribution is -2.36. The second kappa shape index (κ2) is 15.3. The standard InChI is InChI=1S/C13H29N3O2.2ClH/c1-5-18-12(8-9-16(3)4)10-15-13(17)7-6-11(2)14;;/h11-12H,5-10,14H2,1-4H3,(H,15,17);2*1H. The van der Waals surface area contributed by atoms with Crippen molar-refractivity contribution in [1.29, 1.82) is 0 Å². The molecule has 0 aromatic heterocycles. The van der Waals surface area contributed by atoms with E-state index in [1.165, 1.54) is 0 Å². The van der Waals surface area contributed by atoms with Gasteiger partial charge < -0.3 is 20.7 Å². The first-order valence-electron chi connectivity index (χ1n) is 6.74. The van der Waals surface area contributed by atoms with E-state index in [9.17, 15) is 4.79 Å². The molecule has 0 aromatic rings. The van der Waals surface area contributed by atoms with Crippen LogP contribution in [-0.2, 0) is 9.53 Å². The van der Waals surface area contributed by atoms with Crippen molar-refractivity contribution in [3.05, 3.63) is 0 Å². The van der Waals surface area contributed by atoms with Crippen molar-refractivity contribution in [2.75, 3.05) is 33.8 Å². The van der Waals surface area contributed by atoms with E-state index in [1.807, 2.05) is 27.9 Å². The number of carbonyl (C=O) groups is 1. The first-order valence-corrected chi connectivity index (χ1v) is 6.74. The van der Waals surface area contributed by atoms with Crippen LogP contribution in [0.5, 0.6) is 0 Å². The normalized spacial score (nSPS) is 13.1. The lowest BCUT2D eigenvalue weighted by Gasteiger charge is -2.20. The molecule has 5 nitrogen and oxygen atoms in total. The first kappa shape index (κ1) is 24.9. The number of rotatable bonds is 10. The van der Waals surface area contributed by atoms with E-state index >= 15 is 0 Å². The quantitative estimate of drug-likeness (QED) is 0.635. The van der Waals surface area contributed by atoms with Crippen LogP contribution in [0.4, 0.5) is 0 Å². The van der Waals surface area contributed by atoms with Crippen LogP contribution in [0.1, 0.15) is 33.1 Å². The Hall–Kier alpha value is -0.0700. The Labute approximate surface area is 135 Å². The van der Waals surface area contributed by atoms with E-state index in [2.05, 4.69) is 10.2 Å². The van der Waals surface area contributed by atoms with Crippen molar-refractivity contribution >= 4 is 30.7 Å². The zero-order valence-electron chi connectivity index (χ0n) is 13.1. The molecule has 0 bridgehead atoms. The van der Waals surface area contributed by atoms with Gasteiger partial charge >= 0.3 is 0 Å². The molecular weight excluding hydrogens is 301 g/mol. The molecule has 7 heteroatoms. The van der Waals surface area contributed by atoms with Gasteiger partial charge in [-0.15, -0.1) is 24.8 Å². The van der Waals surface area contributed by atoms with Gasteiger partial charge in [-0.25, -0.2) is 0 Å². The van der Waals surface area contributed by atoms with Crippen LogP contribution >= 0.6 is 24.8 Å². The highest BCUT2D eigenvalue weighted by Crippen LogP contribution is 2.00. The Kier molecular flexibility index (Phi) is 19.1. The summed E-state index contributed by atoms with van der Waals surface area (Å²) < 4.78 is 5.60. The Morgan fingerprint density at radius 3 is 2.35 bits per heavy atom. The van der Waals surface area contributed by atoms with Gasteiger partial charge in [0, 0.05) is 32.2 Å². The van der Waals surface area contributed by atoms with Gasteiger partial charge in [-0.1, -0.05) is 0 Å². The van der Waals surface area contributed by atoms with Crippen molar-refractivity contribution in [2.24, 2.45) is 5.73 Å². The maximum atomic E-state index is 11.6. The summed E-state index contributed by atoms with van der Waals surface area (Å²) in [6.07, 6.45) is 2.23. The van der Waals surface area contributed by atoms with Gasteiger partial charge in [0.1, 0.15) is 0 Å². The zero-order chi connectivity index (χ0) is 14.0. The van der Waals surface area contributed by atoms with Gasteiger partial charge in [0.05, 0.1) is 6.10 Å². The van der Waals surface area contributed by atoms with E-state index in [0.717, 1.165) is 19.4 Å². The molecule has 0 aliphatic heterocycles. The summed E-state index contributed by atoms with van der Waals surface area (Å²) in [5.41, 5.74) is 5.62. The van der Waals surface area contributed by atoms with Crippen LogP contribution in [0, 0.1) is 0 Å². The molecular formula is C13H31Cl2N3O2. The van der Waals surface area contributed by atoms with E-state index in [1.54, 1.807) is 0 Å². The molecule has 2 unspecified atom stereocenters. The van der Waals surface area contributed by atoms with Gasteiger partial charge in [-0.05, 0) is 40.8 Å². The smallest absolute Gasteiger partial charge is 0.220 e. The highest BCUT2D eigenvalue weighted by Gasteiger charge is 2.11. The van der Waals surface area contributed by atoms with Crippen LogP contribution in [0.2, 0.25) is 0 Å². The molecule has 0 rings (SSSR count). The van der Waals surface area contributed by atoms with Gasteiger partial charge in [-0.2, -0.15) is 0 Å². The largest absolute Gasteiger partial charge is 0.377 e. The maximum absolute atomic E-state index is 11.6. The fourth-order valence-electron chi connectivity index (χ4n) is 1.56. The highest BCUT2D eigenvalue weighted by molar-refractivity contribution is 5.85. The van der Waals surface area contributed by atoms with Crippen LogP contribution in [-0.4, -0.2) is 56.7 Å². The molecule has 124 valence electrons. The fourth-order valence-corrected chi connectivity index (χ4v) is 1.56. The molecule has 0 radical (unpaired) electrons. The van der Waals surface area contributed by atoms with Gasteiger partial charge in [0.2, 0.25) is 5.91 Å². The lowest BCUT2D eigenvalue weighted by molar-refractivity contribution is -0.122. The third-order valence-corrected chi connectivity index (χ3v) is 2.65. The zero-order valence-corrected chi connectivity index (χ0v) is 14.7. The first-order chi connectivity index (χ1) is 8.45. The van der Waals surface area contributed by atoms with Crippen LogP contribution < -0.4 is 11.1 Å². The molecule has 20 heavy (non-hydrogen) atoms. The Bertz CT molecular complexity index is 230. The summed E-state index contributed by atoms with van der Waals surface area (Å²) in [4.78, 5) is 13.7. The SMILES string of the molecule is CCOC(CCN(C)C)CNC(=O)CCC(C)N.Cl.Cl. The number of halogens is 2. The summed E-state index contributed by atoms with van der Waals surface area (Å²) in [7, 11) is 4.06. The molecule has 0 aromatic carbocycles. The summed E-state index contributed by atoms with van der Waals surface area (Å²) in [5, 5.41) is 2.91. The number of nitrogens with zero attached hydrogens (tertiary/aromatic N) is 1. The van der Waals surface area contributed by atoms with Gasteiger partial charge in [0.25, 0.3) is 0 Å². The second-order valence-corrected chi connectivity index (χ2v) is 4.99. The van der Waals surface area contributed by atoms with E-state index in [0.29, 0.717) is 19.6 Å². The monoisotopic (exact) mass is 331 g/mol. The minimum atomic E-state index is 0. The van der Waals surface area contributed by atoms with Gasteiger partial charge in [-0.3, -0.25) is 4.79 Å². The number of carbonyl (C=O) groups excluding carboxylic acids is 1. The molecule has 0 aliphatic carbocycles. The molecule has 2 atom stereocenters. The molecule has 3 N–H and O–H groups in total. The van der Waals surface area contributed by atoms with E-state index < -0.39 is 0 Å². The lowest BCUT2D eigenvalue weighted by atomic mass is 10.2. The highest BCUT2D eigenvalue weighted by atomic mass is 35.5. The maximum Gasteiger partial charge on any atom is 0.220 e. The van der Waals surface area contributed by atoms with E-state index in [-0.39, 0.29) is 42.9 Å². The number of nitrogens with two attached hydrogens (primary N) is 1. The number of nitrogens with one attached hydrogen (secondary N) is 1.